The zero-order chi connectivity index (χ0) is 16.0. The molecule has 0 bridgehead atoms. The van der Waals surface area contributed by atoms with E-state index in [-0.39, 0.29) is 24.2 Å². The van der Waals surface area contributed by atoms with Crippen molar-refractivity contribution >= 4 is 17.2 Å². The second kappa shape index (κ2) is 7.61. The fourth-order valence-corrected chi connectivity index (χ4v) is 1.99. The van der Waals surface area contributed by atoms with Crippen LogP contribution in [-0.4, -0.2) is 41.8 Å². The van der Waals surface area contributed by atoms with Crippen molar-refractivity contribution in [1.29, 1.82) is 0 Å². The third-order valence-corrected chi connectivity index (χ3v) is 3.12. The molecule has 0 aliphatic heterocycles. The molecule has 0 saturated heterocycles. The quantitative estimate of drug-likeness (QED) is 0.784. The summed E-state index contributed by atoms with van der Waals surface area (Å²) in [6, 6.07) is 6.71. The van der Waals surface area contributed by atoms with Gasteiger partial charge in [0.05, 0.1) is 12.1 Å². The molecule has 1 rings (SSSR count). The van der Waals surface area contributed by atoms with Crippen LogP contribution in [0.3, 0.4) is 0 Å². The molecule has 0 atom stereocenters. The van der Waals surface area contributed by atoms with E-state index < -0.39 is 12.7 Å². The topological polar surface area (TPSA) is 38.5 Å². The molecule has 0 radical (unpaired) electrons. The Bertz CT molecular complexity index is 478. The van der Waals surface area contributed by atoms with E-state index in [4.69, 9.17) is 22.7 Å². The number of hydrogen-bond donors (Lipinski definition) is 1. The van der Waals surface area contributed by atoms with E-state index in [0.717, 1.165) is 0 Å². The Morgan fingerprint density at radius 1 is 1.33 bits per heavy atom. The first-order valence-corrected chi connectivity index (χ1v) is 6.94. The molecule has 0 amide bonds. The van der Waals surface area contributed by atoms with Gasteiger partial charge in [-0.25, -0.2) is 0 Å². The predicted molar refractivity (Wildman–Crippen MR) is 80.6 cm³/mol. The molecule has 2 N–H and O–H groups in total. The van der Waals surface area contributed by atoms with Gasteiger partial charge in [-0.2, -0.15) is 13.2 Å². The first-order chi connectivity index (χ1) is 9.70. The monoisotopic (exact) mass is 320 g/mol. The number of para-hydroxylation sites is 1. The number of ether oxygens (including phenoxy) is 1. The maximum absolute atomic E-state index is 12.5. The van der Waals surface area contributed by atoms with Gasteiger partial charge in [0.25, 0.3) is 0 Å². The second-order valence-corrected chi connectivity index (χ2v) is 5.33. The number of nitrogens with two attached hydrogens (primary N) is 1. The molecule has 7 heteroatoms. The Kier molecular flexibility index (Phi) is 6.42. The molecule has 0 aromatic heterocycles. The van der Waals surface area contributed by atoms with Gasteiger partial charge in [-0.1, -0.05) is 24.4 Å². The van der Waals surface area contributed by atoms with E-state index in [1.165, 1.54) is 4.90 Å². The molecule has 0 aliphatic rings. The summed E-state index contributed by atoms with van der Waals surface area (Å²) in [6.45, 7) is 2.78. The van der Waals surface area contributed by atoms with Crippen molar-refractivity contribution in [2.24, 2.45) is 5.73 Å². The maximum Gasteiger partial charge on any atom is 0.401 e. The summed E-state index contributed by atoms with van der Waals surface area (Å²) >= 11 is 4.90. The van der Waals surface area contributed by atoms with Crippen LogP contribution in [0.2, 0.25) is 0 Å². The van der Waals surface area contributed by atoms with Crippen LogP contribution in [0.5, 0.6) is 5.75 Å². The van der Waals surface area contributed by atoms with E-state index in [2.05, 4.69) is 0 Å². The molecule has 0 fully saturated rings. The standard InChI is InChI=1S/C14H19F3N2OS/c1-10(2)19(9-14(15,16)17)7-8-20-12-6-4-3-5-11(12)13(18)21/h3-6,10H,7-9H2,1-2H3,(H2,18,21). The Balaban J connectivity index is 2.61. The van der Waals surface area contributed by atoms with Crippen molar-refractivity contribution in [1.82, 2.24) is 4.90 Å². The molecular formula is C14H19F3N2OS. The average molecular weight is 320 g/mol. The highest BCUT2D eigenvalue weighted by atomic mass is 32.1. The summed E-state index contributed by atoms with van der Waals surface area (Å²) in [7, 11) is 0. The lowest BCUT2D eigenvalue weighted by Crippen LogP contribution is -2.41. The normalized spacial score (nSPS) is 12.0. The lowest BCUT2D eigenvalue weighted by Gasteiger charge is -2.27. The van der Waals surface area contributed by atoms with E-state index in [1.807, 2.05) is 0 Å². The summed E-state index contributed by atoms with van der Waals surface area (Å²) < 4.78 is 42.9. The number of benzene rings is 1. The van der Waals surface area contributed by atoms with Gasteiger partial charge in [-0.05, 0) is 26.0 Å². The highest BCUT2D eigenvalue weighted by molar-refractivity contribution is 7.80. The van der Waals surface area contributed by atoms with Crippen LogP contribution >= 0.6 is 12.2 Å². The van der Waals surface area contributed by atoms with Crippen molar-refractivity contribution < 1.29 is 17.9 Å². The Morgan fingerprint density at radius 2 is 1.95 bits per heavy atom. The fourth-order valence-electron chi connectivity index (χ4n) is 1.82. The van der Waals surface area contributed by atoms with Crippen molar-refractivity contribution in [3.05, 3.63) is 29.8 Å². The lowest BCUT2D eigenvalue weighted by molar-refractivity contribution is -0.150. The number of halogens is 3. The molecule has 0 saturated carbocycles. The van der Waals surface area contributed by atoms with Crippen molar-refractivity contribution in [2.45, 2.75) is 26.1 Å². The molecular weight excluding hydrogens is 301 g/mol. The van der Waals surface area contributed by atoms with Crippen LogP contribution < -0.4 is 10.5 Å². The van der Waals surface area contributed by atoms with Gasteiger partial charge in [-0.15, -0.1) is 0 Å². The SMILES string of the molecule is CC(C)N(CCOc1ccccc1C(N)=S)CC(F)(F)F. The Labute approximate surface area is 127 Å². The number of rotatable bonds is 7. The van der Waals surface area contributed by atoms with Gasteiger partial charge in [-0.3, -0.25) is 4.90 Å². The molecule has 0 heterocycles. The third kappa shape index (κ3) is 6.31. The minimum Gasteiger partial charge on any atom is -0.492 e. The number of alkyl halides is 3. The first kappa shape index (κ1) is 17.7. The van der Waals surface area contributed by atoms with Gasteiger partial charge in [0.15, 0.2) is 0 Å². The number of thiocarbonyl (C=S) groups is 1. The van der Waals surface area contributed by atoms with Crippen molar-refractivity contribution in [3.63, 3.8) is 0 Å². The van der Waals surface area contributed by atoms with Crippen molar-refractivity contribution in [3.8, 4) is 5.75 Å². The highest BCUT2D eigenvalue weighted by Gasteiger charge is 2.31. The van der Waals surface area contributed by atoms with Gasteiger partial charge in [0.2, 0.25) is 0 Å². The van der Waals surface area contributed by atoms with E-state index >= 15 is 0 Å². The molecule has 3 nitrogen and oxygen atoms in total. The van der Waals surface area contributed by atoms with Crippen LogP contribution in [0, 0.1) is 0 Å². The zero-order valence-corrected chi connectivity index (χ0v) is 12.8. The Morgan fingerprint density at radius 3 is 2.48 bits per heavy atom. The summed E-state index contributed by atoms with van der Waals surface area (Å²) in [5.41, 5.74) is 6.15. The van der Waals surface area contributed by atoms with Gasteiger partial charge >= 0.3 is 6.18 Å². The molecule has 0 aliphatic carbocycles. The van der Waals surface area contributed by atoms with Crippen LogP contribution in [0.15, 0.2) is 24.3 Å². The van der Waals surface area contributed by atoms with Crippen molar-refractivity contribution in [2.75, 3.05) is 19.7 Å². The van der Waals surface area contributed by atoms with Crippen LogP contribution in [0.25, 0.3) is 0 Å². The summed E-state index contributed by atoms with van der Waals surface area (Å²) in [6.07, 6.45) is -4.22. The smallest absolute Gasteiger partial charge is 0.401 e. The molecule has 21 heavy (non-hydrogen) atoms. The second-order valence-electron chi connectivity index (χ2n) is 4.89. The highest BCUT2D eigenvalue weighted by Crippen LogP contribution is 2.19. The molecule has 1 aromatic carbocycles. The fraction of sp³-hybridized carbons (Fsp3) is 0.500. The first-order valence-electron chi connectivity index (χ1n) is 6.53. The molecule has 118 valence electrons. The lowest BCUT2D eigenvalue weighted by atomic mass is 10.2. The Hall–Kier alpha value is -1.34. The van der Waals surface area contributed by atoms with Crippen LogP contribution in [0.4, 0.5) is 13.2 Å². The van der Waals surface area contributed by atoms with Crippen LogP contribution in [-0.2, 0) is 0 Å². The summed E-state index contributed by atoms with van der Waals surface area (Å²) in [4.78, 5) is 1.50. The molecule has 0 spiro atoms. The zero-order valence-electron chi connectivity index (χ0n) is 12.0. The minimum absolute atomic E-state index is 0.133. The number of hydrogen-bond acceptors (Lipinski definition) is 3. The van der Waals surface area contributed by atoms with E-state index in [1.54, 1.807) is 38.1 Å². The summed E-state index contributed by atoms with van der Waals surface area (Å²) in [5.74, 6) is 0.487. The molecule has 1 aromatic rings. The van der Waals surface area contributed by atoms with Gasteiger partial charge < -0.3 is 10.5 Å². The molecule has 0 unspecified atom stereocenters. The predicted octanol–water partition coefficient (Wildman–Crippen LogP) is 2.97. The van der Waals surface area contributed by atoms with Gasteiger partial charge in [0.1, 0.15) is 17.3 Å². The largest absolute Gasteiger partial charge is 0.492 e. The number of nitrogens with zero attached hydrogens (tertiary/aromatic N) is 1. The maximum atomic E-state index is 12.5. The third-order valence-electron chi connectivity index (χ3n) is 2.90. The van der Waals surface area contributed by atoms with Crippen LogP contribution in [0.1, 0.15) is 19.4 Å². The summed E-state index contributed by atoms with van der Waals surface area (Å²) in [5, 5.41) is 0. The van der Waals surface area contributed by atoms with E-state index in [9.17, 15) is 13.2 Å². The minimum atomic E-state index is -4.22. The van der Waals surface area contributed by atoms with E-state index in [0.29, 0.717) is 11.3 Å². The van der Waals surface area contributed by atoms with Gasteiger partial charge in [0, 0.05) is 12.6 Å². The average Bonchev–Trinajstić information content (AvgIpc) is 2.36.